The van der Waals surface area contributed by atoms with Gasteiger partial charge in [-0.3, -0.25) is 9.36 Å². The van der Waals surface area contributed by atoms with E-state index in [2.05, 4.69) is 4.99 Å². The van der Waals surface area contributed by atoms with Gasteiger partial charge in [0.2, 0.25) is 0 Å². The molecule has 0 bridgehead atoms. The highest BCUT2D eigenvalue weighted by atomic mass is 35.5. The van der Waals surface area contributed by atoms with E-state index in [1.165, 1.54) is 28.0 Å². The molecule has 0 N–H and O–H groups in total. The van der Waals surface area contributed by atoms with Crippen LogP contribution in [0.4, 0.5) is 4.39 Å². The summed E-state index contributed by atoms with van der Waals surface area (Å²) in [6.07, 6.45) is 1.75. The molecule has 0 saturated heterocycles. The third-order valence-corrected chi connectivity index (χ3v) is 7.77. The van der Waals surface area contributed by atoms with Crippen LogP contribution in [0.25, 0.3) is 6.08 Å². The monoisotopic (exact) mass is 606 g/mol. The van der Waals surface area contributed by atoms with Crippen molar-refractivity contribution in [3.8, 4) is 11.5 Å². The number of thiazole rings is 1. The third-order valence-electron chi connectivity index (χ3n) is 6.55. The Morgan fingerprint density at radius 1 is 1.05 bits per heavy atom. The molecule has 0 saturated carbocycles. The Balaban J connectivity index is 1.55. The number of hydrogen-bond donors (Lipinski definition) is 0. The minimum atomic E-state index is -0.815. The van der Waals surface area contributed by atoms with E-state index in [1.807, 2.05) is 37.3 Å². The summed E-state index contributed by atoms with van der Waals surface area (Å²) >= 11 is 7.30. The lowest BCUT2D eigenvalue weighted by Crippen LogP contribution is -2.39. The maximum atomic E-state index is 13.8. The smallest absolute Gasteiger partial charge is 0.338 e. The van der Waals surface area contributed by atoms with Crippen LogP contribution in [0.15, 0.2) is 87.8 Å². The van der Waals surface area contributed by atoms with Gasteiger partial charge in [0.25, 0.3) is 5.56 Å². The second kappa shape index (κ2) is 12.8. The van der Waals surface area contributed by atoms with Gasteiger partial charge in [-0.15, -0.1) is 0 Å². The molecular formula is C32H28ClFN2O5S. The lowest BCUT2D eigenvalue weighted by Gasteiger charge is -2.24. The average Bonchev–Trinajstić information content (AvgIpc) is 3.26. The van der Waals surface area contributed by atoms with Crippen molar-refractivity contribution in [2.75, 3.05) is 13.2 Å². The Hall–Kier alpha value is -4.21. The molecule has 3 aromatic carbocycles. The van der Waals surface area contributed by atoms with E-state index in [9.17, 15) is 14.0 Å². The van der Waals surface area contributed by atoms with Crippen molar-refractivity contribution in [3.63, 3.8) is 0 Å². The summed E-state index contributed by atoms with van der Waals surface area (Å²) in [5.41, 5.74) is 2.56. The van der Waals surface area contributed by atoms with Crippen LogP contribution in [0.5, 0.6) is 11.5 Å². The number of ether oxygens (including phenoxy) is 3. The number of esters is 1. The molecule has 5 rings (SSSR count). The lowest BCUT2D eigenvalue weighted by molar-refractivity contribution is -0.139. The quantitative estimate of drug-likeness (QED) is 0.233. The van der Waals surface area contributed by atoms with Crippen molar-refractivity contribution in [1.82, 2.24) is 4.57 Å². The Labute approximate surface area is 250 Å². The van der Waals surface area contributed by atoms with E-state index < -0.39 is 17.8 Å². The molecule has 0 unspecified atom stereocenters. The van der Waals surface area contributed by atoms with Gasteiger partial charge in [0.1, 0.15) is 12.4 Å². The molecule has 0 amide bonds. The van der Waals surface area contributed by atoms with Crippen molar-refractivity contribution in [2.24, 2.45) is 4.99 Å². The van der Waals surface area contributed by atoms with E-state index in [0.29, 0.717) is 50.3 Å². The second-order valence-electron chi connectivity index (χ2n) is 9.41. The topological polar surface area (TPSA) is 79.1 Å². The zero-order valence-electron chi connectivity index (χ0n) is 23.2. The zero-order chi connectivity index (χ0) is 29.8. The molecule has 1 aliphatic rings. The molecule has 1 atom stereocenters. The number of nitrogens with zero attached hydrogens (tertiary/aromatic N) is 2. The second-order valence-corrected chi connectivity index (χ2v) is 10.9. The molecule has 1 aromatic heterocycles. The van der Waals surface area contributed by atoms with Gasteiger partial charge in [0.05, 0.1) is 35.1 Å². The highest BCUT2D eigenvalue weighted by molar-refractivity contribution is 7.07. The summed E-state index contributed by atoms with van der Waals surface area (Å²) in [6.45, 7) is 6.19. The fourth-order valence-electron chi connectivity index (χ4n) is 4.69. The van der Waals surface area contributed by atoms with Crippen LogP contribution in [-0.4, -0.2) is 23.8 Å². The van der Waals surface area contributed by atoms with Crippen LogP contribution in [0.1, 0.15) is 43.5 Å². The number of allylic oxidation sites excluding steroid dienone is 1. The highest BCUT2D eigenvalue weighted by Gasteiger charge is 2.33. The number of hydrogen-bond acceptors (Lipinski definition) is 7. The number of rotatable bonds is 9. The predicted molar refractivity (Wildman–Crippen MR) is 160 cm³/mol. The third kappa shape index (κ3) is 6.17. The molecule has 0 spiro atoms. The Morgan fingerprint density at radius 2 is 1.83 bits per heavy atom. The molecule has 0 radical (unpaired) electrons. The minimum absolute atomic E-state index is 0.164. The SMILES string of the molecule is CCOC(=O)C1=C(C)N=c2s/c(=C\c3ccc(OCc4cccc(Cl)c4)c(OCC)c3)c(=O)n2[C@@H]1c1ccc(F)cc1. The minimum Gasteiger partial charge on any atom is -0.490 e. The highest BCUT2D eigenvalue weighted by Crippen LogP contribution is 2.32. The number of carbonyl (C=O) groups excluding carboxylic acids is 1. The maximum absolute atomic E-state index is 13.8. The average molecular weight is 607 g/mol. The maximum Gasteiger partial charge on any atom is 0.338 e. The number of benzene rings is 3. The number of aromatic nitrogens is 1. The Morgan fingerprint density at radius 3 is 2.55 bits per heavy atom. The van der Waals surface area contributed by atoms with Crippen molar-refractivity contribution >= 4 is 35.0 Å². The first kappa shape index (κ1) is 29.3. The van der Waals surface area contributed by atoms with Gasteiger partial charge in [-0.1, -0.05) is 53.3 Å². The van der Waals surface area contributed by atoms with Gasteiger partial charge in [0, 0.05) is 5.02 Å². The zero-order valence-corrected chi connectivity index (χ0v) is 24.8. The van der Waals surface area contributed by atoms with E-state index in [4.69, 9.17) is 25.8 Å². The number of carbonyl (C=O) groups is 1. The molecule has 10 heteroatoms. The van der Waals surface area contributed by atoms with Crippen LogP contribution in [-0.2, 0) is 16.1 Å². The van der Waals surface area contributed by atoms with Crippen LogP contribution >= 0.6 is 22.9 Å². The first-order valence-electron chi connectivity index (χ1n) is 13.4. The van der Waals surface area contributed by atoms with Gasteiger partial charge in [-0.05, 0) is 79.9 Å². The normalized spacial score (nSPS) is 14.8. The van der Waals surface area contributed by atoms with Gasteiger partial charge >= 0.3 is 5.97 Å². The van der Waals surface area contributed by atoms with E-state index in [-0.39, 0.29) is 17.7 Å². The first-order valence-corrected chi connectivity index (χ1v) is 14.6. The van der Waals surface area contributed by atoms with Crippen molar-refractivity contribution in [1.29, 1.82) is 0 Å². The van der Waals surface area contributed by atoms with E-state index >= 15 is 0 Å². The summed E-state index contributed by atoms with van der Waals surface area (Å²) < 4.78 is 32.8. The van der Waals surface area contributed by atoms with Crippen LogP contribution < -0.4 is 24.4 Å². The fraction of sp³-hybridized carbons (Fsp3) is 0.219. The largest absolute Gasteiger partial charge is 0.490 e. The fourth-order valence-corrected chi connectivity index (χ4v) is 5.95. The van der Waals surface area contributed by atoms with E-state index in [0.717, 1.165) is 11.1 Å². The summed E-state index contributed by atoms with van der Waals surface area (Å²) in [5, 5.41) is 0.629. The summed E-state index contributed by atoms with van der Waals surface area (Å²) in [5.74, 6) is 0.0962. The van der Waals surface area contributed by atoms with Gasteiger partial charge < -0.3 is 14.2 Å². The van der Waals surface area contributed by atoms with Gasteiger partial charge in [-0.25, -0.2) is 14.2 Å². The van der Waals surface area contributed by atoms with E-state index in [1.54, 1.807) is 44.2 Å². The van der Waals surface area contributed by atoms with Gasteiger partial charge in [0.15, 0.2) is 16.3 Å². The molecule has 7 nitrogen and oxygen atoms in total. The molecule has 2 heterocycles. The van der Waals surface area contributed by atoms with Crippen molar-refractivity contribution < 1.29 is 23.4 Å². The van der Waals surface area contributed by atoms with Crippen molar-refractivity contribution in [2.45, 2.75) is 33.4 Å². The molecular weight excluding hydrogens is 579 g/mol. The Bertz CT molecular complexity index is 1850. The summed E-state index contributed by atoms with van der Waals surface area (Å²) in [4.78, 5) is 31.8. The molecule has 1 aliphatic heterocycles. The van der Waals surface area contributed by atoms with Crippen LogP contribution in [0, 0.1) is 5.82 Å². The molecule has 0 fully saturated rings. The molecule has 0 aliphatic carbocycles. The van der Waals surface area contributed by atoms with Gasteiger partial charge in [-0.2, -0.15) is 0 Å². The standard InChI is InChI=1S/C32H28ClFN2O5S/c1-4-39-26-16-20(9-14-25(26)41-18-21-7-6-8-23(33)15-21)17-27-30(37)36-29(22-10-12-24(34)13-11-22)28(31(38)40-5-2)19(3)35-32(36)42-27/h6-17,29H,4-5,18H2,1-3H3/b27-17-/t29-/m1/s1. The lowest BCUT2D eigenvalue weighted by atomic mass is 9.96. The van der Waals surface area contributed by atoms with Crippen molar-refractivity contribution in [3.05, 3.63) is 125 Å². The predicted octanol–water partition coefficient (Wildman–Crippen LogP) is 5.57. The molecule has 4 aromatic rings. The molecule has 42 heavy (non-hydrogen) atoms. The van der Waals surface area contributed by atoms with Crippen LogP contribution in [0.2, 0.25) is 5.02 Å². The number of halogens is 2. The Kier molecular flexibility index (Phi) is 8.89. The number of fused-ring (bicyclic) bond motifs is 1. The van der Waals surface area contributed by atoms with Crippen LogP contribution in [0.3, 0.4) is 0 Å². The first-order chi connectivity index (χ1) is 20.3. The summed E-state index contributed by atoms with van der Waals surface area (Å²) in [7, 11) is 0. The summed E-state index contributed by atoms with van der Waals surface area (Å²) in [6, 6.07) is 17.8. The molecule has 216 valence electrons.